The van der Waals surface area contributed by atoms with Crippen LogP contribution in [0.4, 0.5) is 5.69 Å². The highest BCUT2D eigenvalue weighted by Crippen LogP contribution is 2.44. The van der Waals surface area contributed by atoms with E-state index in [9.17, 15) is 14.7 Å². The molecule has 0 aromatic heterocycles. The molecule has 37 heavy (non-hydrogen) atoms. The lowest BCUT2D eigenvalue weighted by atomic mass is 9.84. The smallest absolute Gasteiger partial charge is 0.300 e. The number of amides is 1. The third kappa shape index (κ3) is 4.71. The minimum absolute atomic E-state index is 0.0418. The van der Waals surface area contributed by atoms with Gasteiger partial charge in [-0.25, -0.2) is 0 Å². The van der Waals surface area contributed by atoms with Crippen LogP contribution in [0.25, 0.3) is 5.76 Å². The Bertz CT molecular complexity index is 1400. The highest BCUT2D eigenvalue weighted by molar-refractivity contribution is 6.51. The van der Waals surface area contributed by atoms with Gasteiger partial charge in [0, 0.05) is 16.8 Å². The Balaban J connectivity index is 1.97. The zero-order valence-corrected chi connectivity index (χ0v) is 22.4. The number of Topliss-reactive ketones (excluding diaryl/α,β-unsaturated/α-hetero) is 1. The Morgan fingerprint density at radius 2 is 1.57 bits per heavy atom. The summed E-state index contributed by atoms with van der Waals surface area (Å²) in [5, 5.41) is 11.6. The lowest BCUT2D eigenvalue weighted by Crippen LogP contribution is -2.30. The van der Waals surface area contributed by atoms with Crippen LogP contribution < -0.4 is 14.4 Å². The molecule has 1 unspecified atom stereocenters. The van der Waals surface area contributed by atoms with Crippen molar-refractivity contribution >= 4 is 23.1 Å². The van der Waals surface area contributed by atoms with Gasteiger partial charge in [-0.05, 0) is 66.8 Å². The minimum Gasteiger partial charge on any atom is -0.507 e. The molecule has 1 aliphatic rings. The Morgan fingerprint density at radius 1 is 0.892 bits per heavy atom. The molecule has 3 aromatic carbocycles. The largest absolute Gasteiger partial charge is 0.507 e. The van der Waals surface area contributed by atoms with Crippen LogP contribution in [0.2, 0.25) is 0 Å². The molecule has 1 N–H and O–H groups in total. The molecule has 1 amide bonds. The number of benzene rings is 3. The van der Waals surface area contributed by atoms with Gasteiger partial charge in [0.1, 0.15) is 17.3 Å². The molecular weight excluding hydrogens is 466 g/mol. The minimum atomic E-state index is -0.812. The van der Waals surface area contributed by atoms with Gasteiger partial charge in [0.15, 0.2) is 0 Å². The normalized spacial score (nSPS) is 17.3. The number of ketones is 1. The first-order valence-electron chi connectivity index (χ1n) is 12.2. The number of hydrogen-bond donors (Lipinski definition) is 1. The Labute approximate surface area is 218 Å². The van der Waals surface area contributed by atoms with E-state index >= 15 is 0 Å². The van der Waals surface area contributed by atoms with Gasteiger partial charge in [-0.15, -0.1) is 0 Å². The molecule has 1 atom stereocenters. The maximum absolute atomic E-state index is 13.5. The van der Waals surface area contributed by atoms with Gasteiger partial charge in [0.25, 0.3) is 11.7 Å². The summed E-state index contributed by atoms with van der Waals surface area (Å²) >= 11 is 0. The van der Waals surface area contributed by atoms with Crippen molar-refractivity contribution in [2.45, 2.75) is 46.1 Å². The van der Waals surface area contributed by atoms with Crippen molar-refractivity contribution in [1.29, 1.82) is 0 Å². The first-order valence-corrected chi connectivity index (χ1v) is 12.2. The maximum atomic E-state index is 13.5. The first kappa shape index (κ1) is 26.0. The van der Waals surface area contributed by atoms with Gasteiger partial charge in [0.05, 0.1) is 25.8 Å². The van der Waals surface area contributed by atoms with E-state index in [-0.39, 0.29) is 16.7 Å². The summed E-state index contributed by atoms with van der Waals surface area (Å²) in [7, 11) is 3.18. The number of nitrogens with zero attached hydrogens (tertiary/aromatic N) is 1. The number of aliphatic hydroxyl groups is 1. The number of rotatable bonds is 5. The van der Waals surface area contributed by atoms with E-state index in [1.165, 1.54) is 4.90 Å². The van der Waals surface area contributed by atoms with Crippen molar-refractivity contribution < 1.29 is 24.2 Å². The van der Waals surface area contributed by atoms with Gasteiger partial charge in [-0.1, -0.05) is 50.6 Å². The fourth-order valence-corrected chi connectivity index (χ4v) is 4.86. The molecule has 1 aliphatic heterocycles. The highest BCUT2D eigenvalue weighted by Gasteiger charge is 2.47. The number of carbonyl (C=O) groups excluding carboxylic acids is 2. The number of methoxy groups -OCH3 is 2. The zero-order chi connectivity index (χ0) is 27.1. The van der Waals surface area contributed by atoms with Crippen molar-refractivity contribution in [1.82, 2.24) is 0 Å². The second kappa shape index (κ2) is 9.77. The number of hydrogen-bond acceptors (Lipinski definition) is 5. The van der Waals surface area contributed by atoms with Crippen molar-refractivity contribution in [3.8, 4) is 11.5 Å². The van der Waals surface area contributed by atoms with Gasteiger partial charge in [0.2, 0.25) is 0 Å². The molecule has 0 bridgehead atoms. The molecule has 192 valence electrons. The molecule has 4 rings (SSSR count). The van der Waals surface area contributed by atoms with Gasteiger partial charge < -0.3 is 14.6 Å². The van der Waals surface area contributed by atoms with E-state index in [0.717, 1.165) is 16.7 Å². The van der Waals surface area contributed by atoms with Crippen LogP contribution in [0.1, 0.15) is 54.6 Å². The highest BCUT2D eigenvalue weighted by atomic mass is 16.5. The molecule has 6 heteroatoms. The van der Waals surface area contributed by atoms with Crippen LogP contribution in [0, 0.1) is 13.8 Å². The number of carbonyl (C=O) groups is 2. The monoisotopic (exact) mass is 499 g/mol. The van der Waals surface area contributed by atoms with E-state index < -0.39 is 17.7 Å². The van der Waals surface area contributed by atoms with E-state index in [1.54, 1.807) is 38.5 Å². The van der Waals surface area contributed by atoms with Crippen LogP contribution in [-0.2, 0) is 15.0 Å². The average Bonchev–Trinajstić information content (AvgIpc) is 3.13. The van der Waals surface area contributed by atoms with E-state index in [2.05, 4.69) is 0 Å². The molecular formula is C31H33NO5. The van der Waals surface area contributed by atoms with Gasteiger partial charge >= 0.3 is 0 Å². The predicted molar refractivity (Wildman–Crippen MR) is 145 cm³/mol. The summed E-state index contributed by atoms with van der Waals surface area (Å²) in [6.07, 6.45) is 0. The molecule has 1 heterocycles. The fraction of sp³-hybridized carbons (Fsp3) is 0.290. The third-order valence-electron chi connectivity index (χ3n) is 6.77. The predicted octanol–water partition coefficient (Wildman–Crippen LogP) is 6.24. The number of aryl methyl sites for hydroxylation is 2. The molecule has 0 radical (unpaired) electrons. The number of aliphatic hydroxyl groups excluding tert-OH is 1. The van der Waals surface area contributed by atoms with Gasteiger partial charge in [-0.2, -0.15) is 0 Å². The molecule has 3 aromatic rings. The zero-order valence-electron chi connectivity index (χ0n) is 22.4. The number of anilines is 1. The van der Waals surface area contributed by atoms with Crippen LogP contribution >= 0.6 is 0 Å². The lowest BCUT2D eigenvalue weighted by molar-refractivity contribution is -0.132. The topological polar surface area (TPSA) is 76.1 Å². The second-order valence-corrected chi connectivity index (χ2v) is 10.4. The summed E-state index contributed by atoms with van der Waals surface area (Å²) in [4.78, 5) is 28.5. The standard InChI is InChI=1S/C31H33NO5/c1-18-8-14-24(19(2)16-18)32-27(20-9-12-22(36-6)13-10-20)26(29(34)30(32)35)28(33)21-11-15-25(37-7)23(17-21)31(3,4)5/h8-17,27,33H,1-7H3/b28-26-. The van der Waals surface area contributed by atoms with Crippen molar-refractivity contribution in [3.63, 3.8) is 0 Å². The van der Waals surface area contributed by atoms with Gasteiger partial charge in [-0.3, -0.25) is 14.5 Å². The van der Waals surface area contributed by atoms with Crippen LogP contribution in [-0.4, -0.2) is 31.0 Å². The molecule has 0 spiro atoms. The van der Waals surface area contributed by atoms with E-state index in [0.29, 0.717) is 28.3 Å². The van der Waals surface area contributed by atoms with Crippen molar-refractivity contribution in [2.75, 3.05) is 19.1 Å². The molecule has 0 aliphatic carbocycles. The molecule has 1 saturated heterocycles. The summed E-state index contributed by atoms with van der Waals surface area (Å²) < 4.78 is 10.8. The molecule has 1 fully saturated rings. The third-order valence-corrected chi connectivity index (χ3v) is 6.77. The molecule has 6 nitrogen and oxygen atoms in total. The van der Waals surface area contributed by atoms with E-state index in [1.807, 2.05) is 71.0 Å². The quantitative estimate of drug-likeness (QED) is 0.255. The Hall–Kier alpha value is -4.06. The average molecular weight is 500 g/mol. The van der Waals surface area contributed by atoms with Crippen LogP contribution in [0.5, 0.6) is 11.5 Å². The summed E-state index contributed by atoms with van der Waals surface area (Å²) in [5.41, 5.74) is 4.31. The van der Waals surface area contributed by atoms with Crippen molar-refractivity contribution in [3.05, 3.63) is 94.1 Å². The lowest BCUT2D eigenvalue weighted by Gasteiger charge is -2.27. The first-order chi connectivity index (χ1) is 17.5. The van der Waals surface area contributed by atoms with E-state index in [4.69, 9.17) is 9.47 Å². The second-order valence-electron chi connectivity index (χ2n) is 10.4. The summed E-state index contributed by atoms with van der Waals surface area (Å²) in [5.74, 6) is -0.298. The molecule has 0 saturated carbocycles. The maximum Gasteiger partial charge on any atom is 0.300 e. The van der Waals surface area contributed by atoms with Crippen LogP contribution in [0.3, 0.4) is 0 Å². The fourth-order valence-electron chi connectivity index (χ4n) is 4.86. The SMILES string of the molecule is COc1ccc(C2/C(=C(/O)c3ccc(OC)c(C(C)(C)C)c3)C(=O)C(=O)N2c2ccc(C)cc2C)cc1. The van der Waals surface area contributed by atoms with Crippen LogP contribution in [0.15, 0.2) is 66.2 Å². The Kier molecular flexibility index (Phi) is 6.87. The summed E-state index contributed by atoms with van der Waals surface area (Å²) in [6, 6.07) is 17.4. The number of ether oxygens (including phenoxy) is 2. The van der Waals surface area contributed by atoms with Crippen molar-refractivity contribution in [2.24, 2.45) is 0 Å². The Morgan fingerprint density at radius 3 is 2.14 bits per heavy atom. The summed E-state index contributed by atoms with van der Waals surface area (Å²) in [6.45, 7) is 10.0.